The minimum Gasteiger partial charge on any atom is -0.493 e. The van der Waals surface area contributed by atoms with Gasteiger partial charge in [-0.05, 0) is 42.4 Å². The fraction of sp³-hybridized carbons (Fsp3) is 0.524. The first-order valence-electron chi connectivity index (χ1n) is 10.1. The van der Waals surface area contributed by atoms with Gasteiger partial charge in [0.1, 0.15) is 5.75 Å². The van der Waals surface area contributed by atoms with Crippen molar-refractivity contribution in [3.05, 3.63) is 35.9 Å². The molecule has 150 valence electrons. The van der Waals surface area contributed by atoms with Crippen molar-refractivity contribution in [2.45, 2.75) is 32.1 Å². The molecular formula is C21H28N4O3. The molecule has 1 aromatic carbocycles. The van der Waals surface area contributed by atoms with Gasteiger partial charge in [-0.25, -0.2) is 0 Å². The van der Waals surface area contributed by atoms with Crippen LogP contribution >= 0.6 is 0 Å². The van der Waals surface area contributed by atoms with Gasteiger partial charge in [0, 0.05) is 37.8 Å². The van der Waals surface area contributed by atoms with E-state index in [0.29, 0.717) is 24.4 Å². The van der Waals surface area contributed by atoms with Gasteiger partial charge >= 0.3 is 0 Å². The SMILES string of the molecule is O=C(CNC/C=C\C(=N/O)N1CCC2(CCC2)C1)Nc1ccc2c(c1)OCC2. The summed E-state index contributed by atoms with van der Waals surface area (Å²) >= 11 is 0. The van der Waals surface area contributed by atoms with E-state index in [4.69, 9.17) is 4.74 Å². The molecule has 2 heterocycles. The van der Waals surface area contributed by atoms with Crippen molar-refractivity contribution in [3.8, 4) is 5.75 Å². The van der Waals surface area contributed by atoms with Gasteiger partial charge in [0.15, 0.2) is 5.84 Å². The lowest BCUT2D eigenvalue weighted by atomic mass is 9.68. The van der Waals surface area contributed by atoms with Gasteiger partial charge in [0.05, 0.1) is 13.2 Å². The third-order valence-corrected chi connectivity index (χ3v) is 6.07. The number of oxime groups is 1. The van der Waals surface area contributed by atoms with Gasteiger partial charge in [0.2, 0.25) is 5.91 Å². The Bertz CT molecular complexity index is 786. The van der Waals surface area contributed by atoms with Crippen LogP contribution in [-0.2, 0) is 11.2 Å². The molecule has 0 radical (unpaired) electrons. The molecule has 0 unspecified atom stereocenters. The van der Waals surface area contributed by atoms with Gasteiger partial charge in [-0.1, -0.05) is 23.7 Å². The quantitative estimate of drug-likeness (QED) is 0.230. The van der Waals surface area contributed by atoms with Crippen molar-refractivity contribution in [3.63, 3.8) is 0 Å². The number of ether oxygens (including phenoxy) is 1. The van der Waals surface area contributed by atoms with Crippen LogP contribution in [0.2, 0.25) is 0 Å². The van der Waals surface area contributed by atoms with Gasteiger partial charge in [-0.2, -0.15) is 0 Å². The van der Waals surface area contributed by atoms with Crippen molar-refractivity contribution in [2.24, 2.45) is 10.6 Å². The number of anilines is 1. The van der Waals surface area contributed by atoms with Crippen LogP contribution in [0.4, 0.5) is 5.69 Å². The number of rotatable bonds is 6. The number of nitrogens with one attached hydrogen (secondary N) is 2. The van der Waals surface area contributed by atoms with Gasteiger partial charge in [-0.3, -0.25) is 4.79 Å². The van der Waals surface area contributed by atoms with E-state index in [0.717, 1.165) is 30.9 Å². The van der Waals surface area contributed by atoms with E-state index in [9.17, 15) is 10.0 Å². The number of hydrogen-bond acceptors (Lipinski definition) is 5. The second kappa shape index (κ2) is 8.22. The molecule has 1 saturated carbocycles. The third-order valence-electron chi connectivity index (χ3n) is 6.07. The highest BCUT2D eigenvalue weighted by atomic mass is 16.5. The number of nitrogens with zero attached hydrogens (tertiary/aromatic N) is 2. The summed E-state index contributed by atoms with van der Waals surface area (Å²) in [7, 11) is 0. The van der Waals surface area contributed by atoms with Crippen LogP contribution in [0.5, 0.6) is 5.75 Å². The summed E-state index contributed by atoms with van der Waals surface area (Å²) < 4.78 is 5.52. The average Bonchev–Trinajstić information content (AvgIpc) is 3.31. The Morgan fingerprint density at radius 2 is 2.25 bits per heavy atom. The molecule has 3 aliphatic rings. The molecule has 4 rings (SSSR count). The normalized spacial score (nSPS) is 20.3. The summed E-state index contributed by atoms with van der Waals surface area (Å²) in [5, 5.41) is 18.7. The zero-order valence-corrected chi connectivity index (χ0v) is 16.1. The first kappa shape index (κ1) is 18.8. The maximum Gasteiger partial charge on any atom is 0.238 e. The minimum atomic E-state index is -0.103. The summed E-state index contributed by atoms with van der Waals surface area (Å²) in [6.45, 7) is 3.37. The Balaban J connectivity index is 1.18. The highest BCUT2D eigenvalue weighted by molar-refractivity contribution is 5.93. The molecule has 0 aromatic heterocycles. The topological polar surface area (TPSA) is 86.2 Å². The number of hydrogen-bond donors (Lipinski definition) is 3. The molecular weight excluding hydrogens is 356 g/mol. The van der Waals surface area contributed by atoms with E-state index >= 15 is 0 Å². The lowest BCUT2D eigenvalue weighted by Gasteiger charge is -2.38. The minimum absolute atomic E-state index is 0.103. The Kier molecular flexibility index (Phi) is 5.52. The predicted molar refractivity (Wildman–Crippen MR) is 108 cm³/mol. The molecule has 7 nitrogen and oxygen atoms in total. The zero-order valence-electron chi connectivity index (χ0n) is 16.1. The number of benzene rings is 1. The molecule has 28 heavy (non-hydrogen) atoms. The number of fused-ring (bicyclic) bond motifs is 1. The molecule has 0 atom stereocenters. The van der Waals surface area contributed by atoms with E-state index in [-0.39, 0.29) is 12.5 Å². The fourth-order valence-electron chi connectivity index (χ4n) is 4.30. The van der Waals surface area contributed by atoms with Gasteiger partial charge < -0.3 is 25.5 Å². The van der Waals surface area contributed by atoms with E-state index in [1.165, 1.54) is 31.2 Å². The maximum absolute atomic E-state index is 12.1. The molecule has 1 amide bonds. The average molecular weight is 384 g/mol. The lowest BCUT2D eigenvalue weighted by molar-refractivity contribution is -0.115. The maximum atomic E-state index is 12.1. The molecule has 7 heteroatoms. The Morgan fingerprint density at radius 3 is 3.00 bits per heavy atom. The van der Waals surface area contributed by atoms with E-state index < -0.39 is 0 Å². The zero-order chi connectivity index (χ0) is 19.4. The molecule has 1 aliphatic carbocycles. The smallest absolute Gasteiger partial charge is 0.238 e. The predicted octanol–water partition coefficient (Wildman–Crippen LogP) is 2.37. The van der Waals surface area contributed by atoms with E-state index in [1.807, 2.05) is 30.4 Å². The highest BCUT2D eigenvalue weighted by Crippen LogP contribution is 2.48. The van der Waals surface area contributed by atoms with Crippen LogP contribution in [-0.4, -0.2) is 54.6 Å². The third kappa shape index (κ3) is 4.14. The highest BCUT2D eigenvalue weighted by Gasteiger charge is 2.43. The molecule has 2 fully saturated rings. The van der Waals surface area contributed by atoms with Crippen molar-refractivity contribution in [1.29, 1.82) is 0 Å². The van der Waals surface area contributed by atoms with E-state index in [2.05, 4.69) is 20.7 Å². The van der Waals surface area contributed by atoms with Crippen LogP contribution < -0.4 is 15.4 Å². The van der Waals surface area contributed by atoms with Crippen molar-refractivity contribution in [2.75, 3.05) is 38.1 Å². The van der Waals surface area contributed by atoms with E-state index in [1.54, 1.807) is 0 Å². The van der Waals surface area contributed by atoms with Crippen molar-refractivity contribution >= 4 is 17.4 Å². The fourth-order valence-corrected chi connectivity index (χ4v) is 4.30. The lowest BCUT2D eigenvalue weighted by Crippen LogP contribution is -2.35. The van der Waals surface area contributed by atoms with Gasteiger partial charge in [-0.15, -0.1) is 0 Å². The number of likely N-dealkylation sites (tertiary alicyclic amines) is 1. The number of carbonyl (C=O) groups is 1. The summed E-state index contributed by atoms with van der Waals surface area (Å²) in [6, 6.07) is 5.77. The second-order valence-corrected chi connectivity index (χ2v) is 7.99. The summed E-state index contributed by atoms with van der Waals surface area (Å²) in [4.78, 5) is 14.2. The summed E-state index contributed by atoms with van der Waals surface area (Å²) in [5.74, 6) is 1.36. The van der Waals surface area contributed by atoms with Gasteiger partial charge in [0.25, 0.3) is 0 Å². The Morgan fingerprint density at radius 1 is 1.36 bits per heavy atom. The van der Waals surface area contributed by atoms with Crippen LogP contribution in [0.1, 0.15) is 31.2 Å². The van der Waals surface area contributed by atoms with Crippen molar-refractivity contribution in [1.82, 2.24) is 10.2 Å². The van der Waals surface area contributed by atoms with Crippen LogP contribution in [0, 0.1) is 5.41 Å². The number of amidine groups is 1. The summed E-state index contributed by atoms with van der Waals surface area (Å²) in [6.07, 6.45) is 9.72. The Labute approximate surface area is 165 Å². The van der Waals surface area contributed by atoms with Crippen LogP contribution in [0.3, 0.4) is 0 Å². The van der Waals surface area contributed by atoms with Crippen LogP contribution in [0.15, 0.2) is 35.5 Å². The molecule has 1 aromatic rings. The number of carbonyl (C=O) groups excluding carboxylic acids is 1. The molecule has 1 saturated heterocycles. The monoisotopic (exact) mass is 384 g/mol. The molecule has 1 spiro atoms. The van der Waals surface area contributed by atoms with Crippen molar-refractivity contribution < 1.29 is 14.7 Å². The first-order chi connectivity index (χ1) is 13.7. The van der Waals surface area contributed by atoms with Crippen LogP contribution in [0.25, 0.3) is 0 Å². The molecule has 2 aliphatic heterocycles. The largest absolute Gasteiger partial charge is 0.493 e. The number of amides is 1. The molecule has 3 N–H and O–H groups in total. The molecule has 0 bridgehead atoms. The Hall–Kier alpha value is -2.54. The standard InChI is InChI=1S/C21H28N4O3/c26-20(23-17-5-4-16-6-12-28-18(16)13-17)14-22-10-1-3-19(24-27)25-11-9-21(15-25)7-2-8-21/h1,3-5,13,22,27H,2,6-12,14-15H2,(H,23,26)/b3-1-,24-19+. The summed E-state index contributed by atoms with van der Waals surface area (Å²) in [5.41, 5.74) is 2.39. The first-order valence-corrected chi connectivity index (χ1v) is 10.1. The second-order valence-electron chi connectivity index (χ2n) is 7.99.